The summed E-state index contributed by atoms with van der Waals surface area (Å²) in [6.45, 7) is 4.35. The van der Waals surface area contributed by atoms with Gasteiger partial charge in [-0.2, -0.15) is 0 Å². The largest absolute Gasteiger partial charge is 0.396 e. The maximum Gasteiger partial charge on any atom is 0.315 e. The van der Waals surface area contributed by atoms with E-state index in [2.05, 4.69) is 15.6 Å². The van der Waals surface area contributed by atoms with Gasteiger partial charge in [0.25, 0.3) is 0 Å². The van der Waals surface area contributed by atoms with Gasteiger partial charge in [0.1, 0.15) is 5.65 Å². The van der Waals surface area contributed by atoms with Gasteiger partial charge in [-0.05, 0) is 25.0 Å². The number of hydrogen-bond donors (Lipinski definition) is 3. The quantitative estimate of drug-likeness (QED) is 0.748. The number of aromatic nitrogens is 2. The number of nitrogens with one attached hydrogen (secondary N) is 2. The number of carbonyl (C=O) groups excluding carboxylic acids is 1. The Bertz CT molecular complexity index is 563. The second-order valence-electron chi connectivity index (χ2n) is 5.30. The third-order valence-electron chi connectivity index (χ3n) is 3.58. The molecule has 0 aromatic carbocycles. The van der Waals surface area contributed by atoms with Crippen LogP contribution in [-0.2, 0) is 6.42 Å². The second-order valence-corrected chi connectivity index (χ2v) is 5.30. The Labute approximate surface area is 124 Å². The van der Waals surface area contributed by atoms with Crippen LogP contribution in [0.1, 0.15) is 19.5 Å². The molecular formula is C15H22N4O2. The third-order valence-corrected chi connectivity index (χ3v) is 3.58. The fourth-order valence-electron chi connectivity index (χ4n) is 1.97. The van der Waals surface area contributed by atoms with Gasteiger partial charge in [0.2, 0.25) is 0 Å². The number of hydrogen-bond acceptors (Lipinski definition) is 3. The van der Waals surface area contributed by atoms with Crippen molar-refractivity contribution in [2.24, 2.45) is 5.92 Å². The summed E-state index contributed by atoms with van der Waals surface area (Å²) in [6, 6.07) is 5.56. The van der Waals surface area contributed by atoms with Gasteiger partial charge in [-0.15, -0.1) is 0 Å². The van der Waals surface area contributed by atoms with E-state index in [0.717, 1.165) is 11.3 Å². The third kappa shape index (κ3) is 4.19. The number of nitrogens with zero attached hydrogens (tertiary/aromatic N) is 2. The van der Waals surface area contributed by atoms with E-state index < -0.39 is 0 Å². The molecule has 2 aromatic rings. The van der Waals surface area contributed by atoms with Crippen molar-refractivity contribution in [3.05, 3.63) is 36.3 Å². The first-order chi connectivity index (χ1) is 10.1. The lowest BCUT2D eigenvalue weighted by Gasteiger charge is -2.19. The zero-order valence-corrected chi connectivity index (χ0v) is 12.4. The number of aliphatic hydroxyl groups excluding tert-OH is 1. The van der Waals surface area contributed by atoms with Gasteiger partial charge in [-0.3, -0.25) is 0 Å². The normalized spacial score (nSPS) is 13.9. The summed E-state index contributed by atoms with van der Waals surface area (Å²) in [5.41, 5.74) is 1.85. The van der Waals surface area contributed by atoms with E-state index in [0.29, 0.717) is 13.0 Å². The predicted octanol–water partition coefficient (Wildman–Crippen LogP) is 1.19. The molecule has 2 aromatic heterocycles. The highest BCUT2D eigenvalue weighted by Crippen LogP contribution is 2.04. The molecule has 0 aliphatic heterocycles. The van der Waals surface area contributed by atoms with Crippen LogP contribution in [0.5, 0.6) is 0 Å². The molecule has 2 heterocycles. The van der Waals surface area contributed by atoms with E-state index in [4.69, 9.17) is 5.11 Å². The standard InChI is InChI=1S/C15H22N4O2/c1-11(10-20)12(2)17-15(21)16-7-6-13-9-19-8-4-3-5-14(19)18-13/h3-5,8-9,11-12,20H,6-7,10H2,1-2H3,(H2,16,17,21). The van der Waals surface area contributed by atoms with Gasteiger partial charge in [-0.1, -0.05) is 13.0 Å². The minimum atomic E-state index is -0.216. The lowest BCUT2D eigenvalue weighted by atomic mass is 10.1. The molecule has 0 aliphatic rings. The molecule has 0 bridgehead atoms. The van der Waals surface area contributed by atoms with Crippen molar-refractivity contribution >= 4 is 11.7 Å². The molecule has 114 valence electrons. The topological polar surface area (TPSA) is 78.7 Å². The summed E-state index contributed by atoms with van der Waals surface area (Å²) < 4.78 is 1.96. The van der Waals surface area contributed by atoms with E-state index in [-0.39, 0.29) is 24.6 Å². The molecule has 6 nitrogen and oxygen atoms in total. The van der Waals surface area contributed by atoms with Crippen LogP contribution in [-0.4, -0.2) is 39.7 Å². The predicted molar refractivity (Wildman–Crippen MR) is 81.1 cm³/mol. The minimum Gasteiger partial charge on any atom is -0.396 e. The summed E-state index contributed by atoms with van der Waals surface area (Å²) in [5, 5.41) is 14.6. The molecule has 0 aliphatic carbocycles. The second kappa shape index (κ2) is 7.08. The molecule has 0 saturated carbocycles. The van der Waals surface area contributed by atoms with Crippen molar-refractivity contribution in [1.29, 1.82) is 0 Å². The van der Waals surface area contributed by atoms with Crippen LogP contribution in [0.2, 0.25) is 0 Å². The molecule has 6 heteroatoms. The Morgan fingerprint density at radius 3 is 2.95 bits per heavy atom. The van der Waals surface area contributed by atoms with Crippen LogP contribution >= 0.6 is 0 Å². The highest BCUT2D eigenvalue weighted by atomic mass is 16.3. The number of pyridine rings is 1. The van der Waals surface area contributed by atoms with Gasteiger partial charge in [0.15, 0.2) is 0 Å². The van der Waals surface area contributed by atoms with Crippen LogP contribution in [0.25, 0.3) is 5.65 Å². The molecule has 3 N–H and O–H groups in total. The highest BCUT2D eigenvalue weighted by Gasteiger charge is 2.13. The Morgan fingerprint density at radius 1 is 1.43 bits per heavy atom. The van der Waals surface area contributed by atoms with Crippen LogP contribution in [0, 0.1) is 5.92 Å². The summed E-state index contributed by atoms with van der Waals surface area (Å²) in [6.07, 6.45) is 4.59. The van der Waals surface area contributed by atoms with Crippen molar-refractivity contribution < 1.29 is 9.90 Å². The number of amides is 2. The van der Waals surface area contributed by atoms with Crippen LogP contribution in [0.4, 0.5) is 4.79 Å². The number of rotatable bonds is 6. The molecular weight excluding hydrogens is 268 g/mol. The number of imidazole rings is 1. The Morgan fingerprint density at radius 2 is 2.24 bits per heavy atom. The molecule has 2 amide bonds. The van der Waals surface area contributed by atoms with Crippen molar-refractivity contribution in [3.8, 4) is 0 Å². The van der Waals surface area contributed by atoms with Crippen molar-refractivity contribution in [2.75, 3.05) is 13.2 Å². The molecule has 21 heavy (non-hydrogen) atoms. The SMILES string of the molecule is CC(CO)C(C)NC(=O)NCCc1cn2ccccc2n1. The molecule has 0 spiro atoms. The lowest BCUT2D eigenvalue weighted by molar-refractivity contribution is 0.200. The van der Waals surface area contributed by atoms with Crippen molar-refractivity contribution in [1.82, 2.24) is 20.0 Å². The first-order valence-electron chi connectivity index (χ1n) is 7.18. The van der Waals surface area contributed by atoms with Gasteiger partial charge in [-0.25, -0.2) is 9.78 Å². The number of fused-ring (bicyclic) bond motifs is 1. The van der Waals surface area contributed by atoms with E-state index in [1.807, 2.05) is 48.8 Å². The summed E-state index contributed by atoms with van der Waals surface area (Å²) in [5.74, 6) is 0.0363. The molecule has 2 unspecified atom stereocenters. The number of urea groups is 1. The zero-order valence-electron chi connectivity index (χ0n) is 12.4. The highest BCUT2D eigenvalue weighted by molar-refractivity contribution is 5.74. The van der Waals surface area contributed by atoms with Crippen molar-refractivity contribution in [3.63, 3.8) is 0 Å². The lowest BCUT2D eigenvalue weighted by Crippen LogP contribution is -2.44. The molecule has 0 saturated heterocycles. The van der Waals surface area contributed by atoms with Crippen LogP contribution in [0.15, 0.2) is 30.6 Å². The average Bonchev–Trinajstić information content (AvgIpc) is 2.88. The van der Waals surface area contributed by atoms with Gasteiger partial charge in [0.05, 0.1) is 5.69 Å². The van der Waals surface area contributed by atoms with E-state index in [1.165, 1.54) is 0 Å². The first-order valence-corrected chi connectivity index (χ1v) is 7.18. The Kier molecular flexibility index (Phi) is 5.16. The van der Waals surface area contributed by atoms with Gasteiger partial charge in [0, 0.05) is 38.0 Å². The smallest absolute Gasteiger partial charge is 0.315 e. The maximum atomic E-state index is 11.7. The molecule has 0 fully saturated rings. The Balaban J connectivity index is 1.77. The van der Waals surface area contributed by atoms with Crippen LogP contribution in [0.3, 0.4) is 0 Å². The number of aliphatic hydroxyl groups is 1. The maximum absolute atomic E-state index is 11.7. The van der Waals surface area contributed by atoms with E-state index in [1.54, 1.807) is 0 Å². The molecule has 2 rings (SSSR count). The fraction of sp³-hybridized carbons (Fsp3) is 0.467. The minimum absolute atomic E-state index is 0.0363. The molecule has 2 atom stereocenters. The van der Waals surface area contributed by atoms with Crippen molar-refractivity contribution in [2.45, 2.75) is 26.3 Å². The van der Waals surface area contributed by atoms with E-state index >= 15 is 0 Å². The van der Waals surface area contributed by atoms with Crippen LogP contribution < -0.4 is 10.6 Å². The summed E-state index contributed by atoms with van der Waals surface area (Å²) in [7, 11) is 0. The fourth-order valence-corrected chi connectivity index (χ4v) is 1.97. The Hall–Kier alpha value is -2.08. The first kappa shape index (κ1) is 15.3. The van der Waals surface area contributed by atoms with Gasteiger partial charge < -0.3 is 20.1 Å². The summed E-state index contributed by atoms with van der Waals surface area (Å²) in [4.78, 5) is 16.2. The zero-order chi connectivity index (χ0) is 15.2. The number of carbonyl (C=O) groups is 1. The van der Waals surface area contributed by atoms with Gasteiger partial charge >= 0.3 is 6.03 Å². The summed E-state index contributed by atoms with van der Waals surface area (Å²) >= 11 is 0. The molecule has 0 radical (unpaired) electrons. The monoisotopic (exact) mass is 290 g/mol. The average molecular weight is 290 g/mol. The van der Waals surface area contributed by atoms with E-state index in [9.17, 15) is 4.79 Å².